The third-order valence-electron chi connectivity index (χ3n) is 2.56. The molecule has 0 aromatic rings. The van der Waals surface area contributed by atoms with Crippen molar-refractivity contribution in [2.75, 3.05) is 13.1 Å². The van der Waals surface area contributed by atoms with Crippen LogP contribution in [0, 0.1) is 5.41 Å². The number of aliphatic imine (C=N–C) groups is 2. The first-order valence-corrected chi connectivity index (χ1v) is 4.01. The highest BCUT2D eigenvalue weighted by molar-refractivity contribution is 6.05. The van der Waals surface area contributed by atoms with Crippen LogP contribution in [0.5, 0.6) is 0 Å². The van der Waals surface area contributed by atoms with E-state index >= 15 is 0 Å². The fourth-order valence-electron chi connectivity index (χ4n) is 1.84. The lowest BCUT2D eigenvalue weighted by Crippen LogP contribution is -2.51. The first kappa shape index (κ1) is 6.16. The van der Waals surface area contributed by atoms with Gasteiger partial charge in [0.25, 0.3) is 0 Å². The first-order valence-electron chi connectivity index (χ1n) is 4.01. The first-order chi connectivity index (χ1) is 5.89. The van der Waals surface area contributed by atoms with E-state index in [0.717, 1.165) is 31.2 Å². The van der Waals surface area contributed by atoms with Crippen molar-refractivity contribution in [3.05, 3.63) is 0 Å². The summed E-state index contributed by atoms with van der Waals surface area (Å²) in [5, 5.41) is 7.26. The standard InChI is InChI=1S/C7H9N5/c1-5-9-3-7(1)2-8-4-10-6(7)12-11-5/h4H,1-3H2,(H,9,11)(H,8,10,12). The number of rotatable bonds is 0. The normalized spacial score (nSPS) is 36.0. The van der Waals surface area contributed by atoms with Crippen LogP contribution in [-0.4, -0.2) is 31.1 Å². The van der Waals surface area contributed by atoms with Crippen LogP contribution in [0.1, 0.15) is 6.42 Å². The monoisotopic (exact) mass is 163 g/mol. The van der Waals surface area contributed by atoms with Gasteiger partial charge in [-0.3, -0.25) is 15.4 Å². The second kappa shape index (κ2) is 1.85. The van der Waals surface area contributed by atoms with Crippen molar-refractivity contribution >= 4 is 18.0 Å². The average molecular weight is 163 g/mol. The van der Waals surface area contributed by atoms with Gasteiger partial charge in [0.2, 0.25) is 0 Å². The predicted octanol–water partition coefficient (Wildman–Crippen LogP) is -0.677. The number of amidine groups is 2. The lowest BCUT2D eigenvalue weighted by molar-refractivity contribution is 0.461. The van der Waals surface area contributed by atoms with Crippen molar-refractivity contribution in [1.82, 2.24) is 10.7 Å². The average Bonchev–Trinajstić information content (AvgIpc) is 2.43. The Morgan fingerprint density at radius 1 is 1.42 bits per heavy atom. The molecule has 0 aliphatic carbocycles. The predicted molar refractivity (Wildman–Crippen MR) is 46.4 cm³/mol. The summed E-state index contributed by atoms with van der Waals surface area (Å²) >= 11 is 0. The molecule has 0 radical (unpaired) electrons. The molecule has 0 saturated carbocycles. The minimum absolute atomic E-state index is 0.0648. The summed E-state index contributed by atoms with van der Waals surface area (Å²) in [7, 11) is 0. The van der Waals surface area contributed by atoms with Gasteiger partial charge in [0.1, 0.15) is 11.7 Å². The van der Waals surface area contributed by atoms with Crippen LogP contribution in [0.4, 0.5) is 0 Å². The molecule has 12 heavy (non-hydrogen) atoms. The van der Waals surface area contributed by atoms with Crippen molar-refractivity contribution in [2.45, 2.75) is 6.42 Å². The highest BCUT2D eigenvalue weighted by atomic mass is 15.4. The lowest BCUT2D eigenvalue weighted by atomic mass is 9.83. The minimum atomic E-state index is 0.0648. The molecule has 0 aromatic heterocycles. The van der Waals surface area contributed by atoms with E-state index in [-0.39, 0.29) is 5.41 Å². The molecule has 5 nitrogen and oxygen atoms in total. The van der Waals surface area contributed by atoms with Crippen LogP contribution < -0.4 is 10.7 Å². The fraction of sp³-hybridized carbons (Fsp3) is 0.571. The zero-order valence-electron chi connectivity index (χ0n) is 6.54. The van der Waals surface area contributed by atoms with Gasteiger partial charge in [-0.2, -0.15) is 5.10 Å². The van der Waals surface area contributed by atoms with E-state index in [4.69, 9.17) is 0 Å². The zero-order chi connectivity index (χ0) is 8.02. The molecular weight excluding hydrogens is 154 g/mol. The molecule has 3 heterocycles. The lowest BCUT2D eigenvalue weighted by Gasteiger charge is -2.32. The third kappa shape index (κ3) is 0.609. The Morgan fingerprint density at radius 2 is 2.42 bits per heavy atom. The molecule has 0 amide bonds. The van der Waals surface area contributed by atoms with Gasteiger partial charge in [0.05, 0.1) is 24.8 Å². The Bertz CT molecular complexity index is 312. The number of hydrogen-bond acceptors (Lipinski definition) is 5. The highest BCUT2D eigenvalue weighted by Crippen LogP contribution is 2.33. The van der Waals surface area contributed by atoms with Gasteiger partial charge >= 0.3 is 0 Å². The maximum absolute atomic E-state index is 4.35. The van der Waals surface area contributed by atoms with Crippen LogP contribution in [0.3, 0.4) is 0 Å². The van der Waals surface area contributed by atoms with Gasteiger partial charge in [-0.15, -0.1) is 0 Å². The van der Waals surface area contributed by atoms with Crippen molar-refractivity contribution < 1.29 is 0 Å². The fourth-order valence-corrected chi connectivity index (χ4v) is 1.84. The molecule has 0 aromatic carbocycles. The number of fused-ring (bicyclic) bond motifs is 1. The summed E-state index contributed by atoms with van der Waals surface area (Å²) in [6, 6.07) is 0. The largest absolute Gasteiger partial charge is 0.333 e. The molecule has 2 N–H and O–H groups in total. The Morgan fingerprint density at radius 3 is 3.42 bits per heavy atom. The quantitative estimate of drug-likeness (QED) is 0.497. The smallest absolute Gasteiger partial charge is 0.138 e. The zero-order valence-corrected chi connectivity index (χ0v) is 6.54. The van der Waals surface area contributed by atoms with Crippen LogP contribution in [0.2, 0.25) is 0 Å². The number of nitrogens with one attached hydrogen (secondary N) is 2. The Kier molecular flexibility index (Phi) is 0.951. The summed E-state index contributed by atoms with van der Waals surface area (Å²) in [5.74, 6) is 1.99. The Balaban J connectivity index is 2.08. The molecule has 2 bridgehead atoms. The van der Waals surface area contributed by atoms with E-state index in [1.54, 1.807) is 6.34 Å². The van der Waals surface area contributed by atoms with Crippen LogP contribution >= 0.6 is 0 Å². The molecule has 0 saturated heterocycles. The maximum atomic E-state index is 4.35. The summed E-state index contributed by atoms with van der Waals surface area (Å²) in [6.45, 7) is 1.63. The van der Waals surface area contributed by atoms with Crippen LogP contribution in [0.15, 0.2) is 15.1 Å². The summed E-state index contributed by atoms with van der Waals surface area (Å²) < 4.78 is 0. The topological polar surface area (TPSA) is 61.1 Å². The van der Waals surface area contributed by atoms with Crippen molar-refractivity contribution in [3.8, 4) is 0 Å². The molecule has 1 atom stereocenters. The summed E-state index contributed by atoms with van der Waals surface area (Å²) in [4.78, 5) is 8.56. The number of hydrogen-bond donors (Lipinski definition) is 2. The van der Waals surface area contributed by atoms with Gasteiger partial charge < -0.3 is 5.32 Å². The molecule has 3 rings (SSSR count). The van der Waals surface area contributed by atoms with Crippen LogP contribution in [-0.2, 0) is 0 Å². The van der Waals surface area contributed by atoms with Crippen molar-refractivity contribution in [2.24, 2.45) is 20.5 Å². The highest BCUT2D eigenvalue weighted by Gasteiger charge is 2.45. The van der Waals surface area contributed by atoms with E-state index in [2.05, 4.69) is 25.8 Å². The molecule has 3 aliphatic heterocycles. The minimum Gasteiger partial charge on any atom is -0.333 e. The molecule has 3 aliphatic rings. The second-order valence-corrected chi connectivity index (χ2v) is 3.41. The molecule has 1 spiro atoms. The molecule has 1 unspecified atom stereocenters. The molecular formula is C7H9N5. The van der Waals surface area contributed by atoms with Gasteiger partial charge in [0.15, 0.2) is 0 Å². The van der Waals surface area contributed by atoms with E-state index in [0.29, 0.717) is 0 Å². The maximum Gasteiger partial charge on any atom is 0.138 e. The van der Waals surface area contributed by atoms with E-state index < -0.39 is 0 Å². The number of hydrazone groups is 1. The van der Waals surface area contributed by atoms with Gasteiger partial charge in [0, 0.05) is 6.42 Å². The molecule has 0 fully saturated rings. The SMILES string of the molecule is C1=NCC23CN=C(C2)NN=C3N1. The summed E-state index contributed by atoms with van der Waals surface area (Å²) in [6.07, 6.45) is 2.66. The van der Waals surface area contributed by atoms with E-state index in [1.165, 1.54) is 0 Å². The molecule has 5 heteroatoms. The second-order valence-electron chi connectivity index (χ2n) is 3.41. The third-order valence-corrected chi connectivity index (χ3v) is 2.56. The molecule has 62 valence electrons. The van der Waals surface area contributed by atoms with Gasteiger partial charge in [-0.05, 0) is 0 Å². The Labute approximate surface area is 69.7 Å². The Hall–Kier alpha value is -1.39. The number of nitrogens with zero attached hydrogens (tertiary/aromatic N) is 3. The van der Waals surface area contributed by atoms with E-state index in [1.807, 2.05) is 0 Å². The van der Waals surface area contributed by atoms with Crippen LogP contribution in [0.25, 0.3) is 0 Å². The van der Waals surface area contributed by atoms with E-state index in [9.17, 15) is 0 Å². The van der Waals surface area contributed by atoms with Gasteiger partial charge in [-0.25, -0.2) is 0 Å². The van der Waals surface area contributed by atoms with Crippen molar-refractivity contribution in [1.29, 1.82) is 0 Å². The van der Waals surface area contributed by atoms with Gasteiger partial charge in [-0.1, -0.05) is 0 Å². The van der Waals surface area contributed by atoms with Crippen molar-refractivity contribution in [3.63, 3.8) is 0 Å². The summed E-state index contributed by atoms with van der Waals surface area (Å²) in [5.41, 5.74) is 2.98.